The molecule has 108 valence electrons. The zero-order valence-electron chi connectivity index (χ0n) is 11.7. The van der Waals surface area contributed by atoms with Gasteiger partial charge in [0.25, 0.3) is 0 Å². The molecule has 0 unspecified atom stereocenters. The fourth-order valence-electron chi connectivity index (χ4n) is 2.41. The summed E-state index contributed by atoms with van der Waals surface area (Å²) in [6.07, 6.45) is 0. The first-order valence-electron chi connectivity index (χ1n) is 6.70. The Bertz CT molecular complexity index is 782. The van der Waals surface area contributed by atoms with Crippen LogP contribution in [0.25, 0.3) is 22.4 Å². The first kappa shape index (κ1) is 13.9. The highest BCUT2D eigenvalue weighted by molar-refractivity contribution is 6.31. The fraction of sp³-hybridized carbons (Fsp3) is 0.188. The van der Waals surface area contributed by atoms with Gasteiger partial charge in [0.05, 0.1) is 17.6 Å². The minimum Gasteiger partial charge on any atom is -0.398 e. The van der Waals surface area contributed by atoms with E-state index in [9.17, 15) is 0 Å². The molecular formula is C16H16ClN3O. The summed E-state index contributed by atoms with van der Waals surface area (Å²) in [6.45, 7) is 1.31. The number of benzene rings is 2. The number of hydrogen-bond acceptors (Lipinski definition) is 3. The third kappa shape index (κ3) is 2.60. The normalized spacial score (nSPS) is 11.1. The molecule has 0 aliphatic rings. The van der Waals surface area contributed by atoms with E-state index in [0.29, 0.717) is 23.9 Å². The van der Waals surface area contributed by atoms with Crippen LogP contribution in [-0.4, -0.2) is 23.3 Å². The molecule has 2 aromatic carbocycles. The van der Waals surface area contributed by atoms with Gasteiger partial charge in [-0.15, -0.1) is 0 Å². The van der Waals surface area contributed by atoms with E-state index >= 15 is 0 Å². The number of imidazole rings is 1. The van der Waals surface area contributed by atoms with Crippen molar-refractivity contribution in [2.45, 2.75) is 6.54 Å². The molecule has 3 rings (SSSR count). The van der Waals surface area contributed by atoms with Gasteiger partial charge in [-0.1, -0.05) is 23.7 Å². The number of anilines is 1. The number of nitrogen functional groups attached to an aromatic ring is 1. The van der Waals surface area contributed by atoms with Gasteiger partial charge >= 0.3 is 0 Å². The fourth-order valence-corrected chi connectivity index (χ4v) is 2.58. The van der Waals surface area contributed by atoms with Crippen LogP contribution in [0.1, 0.15) is 0 Å². The summed E-state index contributed by atoms with van der Waals surface area (Å²) in [5.74, 6) is 0.813. The molecule has 1 heterocycles. The molecule has 0 saturated carbocycles. The van der Waals surface area contributed by atoms with E-state index in [4.69, 9.17) is 27.1 Å². The van der Waals surface area contributed by atoms with Gasteiger partial charge in [0.15, 0.2) is 0 Å². The van der Waals surface area contributed by atoms with Crippen molar-refractivity contribution in [2.75, 3.05) is 19.5 Å². The van der Waals surface area contributed by atoms with Crippen molar-refractivity contribution in [1.29, 1.82) is 0 Å². The lowest BCUT2D eigenvalue weighted by molar-refractivity contribution is 0.188. The van der Waals surface area contributed by atoms with Crippen molar-refractivity contribution in [3.63, 3.8) is 0 Å². The second kappa shape index (κ2) is 5.76. The topological polar surface area (TPSA) is 53.1 Å². The average Bonchev–Trinajstić information content (AvgIpc) is 2.86. The lowest BCUT2D eigenvalue weighted by Gasteiger charge is -2.10. The lowest BCUT2D eigenvalue weighted by Crippen LogP contribution is -2.06. The zero-order valence-corrected chi connectivity index (χ0v) is 12.5. The summed E-state index contributed by atoms with van der Waals surface area (Å²) in [6, 6.07) is 13.4. The Morgan fingerprint density at radius 2 is 2.05 bits per heavy atom. The maximum Gasteiger partial charge on any atom is 0.143 e. The number of hydrogen-bond donors (Lipinski definition) is 1. The molecule has 21 heavy (non-hydrogen) atoms. The molecular weight excluding hydrogens is 286 g/mol. The summed E-state index contributed by atoms with van der Waals surface area (Å²) in [5.41, 5.74) is 9.59. The van der Waals surface area contributed by atoms with Gasteiger partial charge in [-0.25, -0.2) is 4.98 Å². The summed E-state index contributed by atoms with van der Waals surface area (Å²) >= 11 is 6.10. The second-order valence-corrected chi connectivity index (χ2v) is 5.24. The highest BCUT2D eigenvalue weighted by atomic mass is 35.5. The number of rotatable bonds is 4. The SMILES string of the molecule is COCCn1c(-c2cc(Cl)ccc2N)nc2ccccc21. The lowest BCUT2D eigenvalue weighted by atomic mass is 10.1. The number of halogens is 1. The number of ether oxygens (including phenoxy) is 1. The minimum absolute atomic E-state index is 0.605. The molecule has 0 radical (unpaired) electrons. The Morgan fingerprint density at radius 3 is 2.86 bits per heavy atom. The number of nitrogens with two attached hydrogens (primary N) is 1. The maximum atomic E-state index is 6.10. The van der Waals surface area contributed by atoms with Crippen LogP contribution in [0.5, 0.6) is 0 Å². The van der Waals surface area contributed by atoms with E-state index in [1.54, 1.807) is 19.2 Å². The van der Waals surface area contributed by atoms with Crippen LogP contribution in [0.3, 0.4) is 0 Å². The minimum atomic E-state index is 0.605. The Balaban J connectivity index is 2.23. The largest absolute Gasteiger partial charge is 0.398 e. The average molecular weight is 302 g/mol. The number of methoxy groups -OCH3 is 1. The Morgan fingerprint density at radius 1 is 1.24 bits per heavy atom. The molecule has 0 amide bonds. The van der Waals surface area contributed by atoms with Crippen LogP contribution >= 0.6 is 11.6 Å². The third-order valence-corrected chi connectivity index (χ3v) is 3.66. The Kier molecular flexibility index (Phi) is 3.82. The number of fused-ring (bicyclic) bond motifs is 1. The predicted molar refractivity (Wildman–Crippen MR) is 86.5 cm³/mol. The van der Waals surface area contributed by atoms with Gasteiger partial charge in [0.2, 0.25) is 0 Å². The maximum absolute atomic E-state index is 6.10. The predicted octanol–water partition coefficient (Wildman–Crippen LogP) is 3.59. The summed E-state index contributed by atoms with van der Waals surface area (Å²) in [5, 5.41) is 0.643. The monoisotopic (exact) mass is 301 g/mol. The molecule has 1 aromatic heterocycles. The Labute approximate surface area is 128 Å². The van der Waals surface area contributed by atoms with Gasteiger partial charge in [-0.3, -0.25) is 0 Å². The molecule has 5 heteroatoms. The number of aromatic nitrogens is 2. The van der Waals surface area contributed by atoms with Crippen LogP contribution in [0, 0.1) is 0 Å². The van der Waals surface area contributed by atoms with E-state index in [1.165, 1.54) is 0 Å². The quantitative estimate of drug-likeness (QED) is 0.749. The standard InChI is InChI=1S/C16H16ClN3O/c1-21-9-8-20-15-5-3-2-4-14(15)19-16(20)12-10-11(17)6-7-13(12)18/h2-7,10H,8-9,18H2,1H3. The molecule has 0 spiro atoms. The highest BCUT2D eigenvalue weighted by Gasteiger charge is 2.14. The van der Waals surface area contributed by atoms with Crippen molar-refractivity contribution >= 4 is 28.3 Å². The summed E-state index contributed by atoms with van der Waals surface area (Å²) in [4.78, 5) is 4.71. The Hall–Kier alpha value is -2.04. The van der Waals surface area contributed by atoms with Crippen molar-refractivity contribution in [3.05, 3.63) is 47.5 Å². The van der Waals surface area contributed by atoms with Crippen LogP contribution in [0.15, 0.2) is 42.5 Å². The van der Waals surface area contributed by atoms with Gasteiger partial charge in [-0.05, 0) is 30.3 Å². The van der Waals surface area contributed by atoms with Gasteiger partial charge in [0.1, 0.15) is 5.82 Å². The third-order valence-electron chi connectivity index (χ3n) is 3.43. The van der Waals surface area contributed by atoms with Crippen molar-refractivity contribution in [1.82, 2.24) is 9.55 Å². The smallest absolute Gasteiger partial charge is 0.143 e. The molecule has 4 nitrogen and oxygen atoms in total. The summed E-state index contributed by atoms with van der Waals surface area (Å²) < 4.78 is 7.31. The van der Waals surface area contributed by atoms with Crippen molar-refractivity contribution < 1.29 is 4.74 Å². The summed E-state index contributed by atoms with van der Waals surface area (Å²) in [7, 11) is 1.69. The first-order valence-corrected chi connectivity index (χ1v) is 7.08. The van der Waals surface area contributed by atoms with Crippen LogP contribution < -0.4 is 5.73 Å². The number of nitrogens with zero attached hydrogens (tertiary/aromatic N) is 2. The molecule has 0 atom stereocenters. The highest BCUT2D eigenvalue weighted by Crippen LogP contribution is 2.31. The molecule has 3 aromatic rings. The second-order valence-electron chi connectivity index (χ2n) is 4.80. The molecule has 0 fully saturated rings. The van der Waals surface area contributed by atoms with E-state index in [0.717, 1.165) is 22.4 Å². The first-order chi connectivity index (χ1) is 10.2. The van der Waals surface area contributed by atoms with E-state index < -0.39 is 0 Å². The van der Waals surface area contributed by atoms with E-state index in [2.05, 4.69) is 4.57 Å². The van der Waals surface area contributed by atoms with Crippen LogP contribution in [0.2, 0.25) is 5.02 Å². The van der Waals surface area contributed by atoms with Gasteiger partial charge in [0, 0.05) is 29.9 Å². The molecule has 2 N–H and O–H groups in total. The van der Waals surface area contributed by atoms with Crippen LogP contribution in [-0.2, 0) is 11.3 Å². The van der Waals surface area contributed by atoms with Crippen LogP contribution in [0.4, 0.5) is 5.69 Å². The molecule has 0 aliphatic heterocycles. The van der Waals surface area contributed by atoms with Crippen molar-refractivity contribution in [2.24, 2.45) is 0 Å². The van der Waals surface area contributed by atoms with Gasteiger partial charge < -0.3 is 15.0 Å². The molecule has 0 bridgehead atoms. The van der Waals surface area contributed by atoms with Crippen molar-refractivity contribution in [3.8, 4) is 11.4 Å². The number of para-hydroxylation sites is 2. The zero-order chi connectivity index (χ0) is 14.8. The van der Waals surface area contributed by atoms with E-state index in [1.807, 2.05) is 30.3 Å². The van der Waals surface area contributed by atoms with E-state index in [-0.39, 0.29) is 0 Å². The molecule has 0 aliphatic carbocycles. The van der Waals surface area contributed by atoms with Gasteiger partial charge in [-0.2, -0.15) is 0 Å². The molecule has 0 saturated heterocycles.